The van der Waals surface area contributed by atoms with Gasteiger partial charge in [0.2, 0.25) is 0 Å². The quantitative estimate of drug-likeness (QED) is 0.532. The standard InChI is InChI=1S/C20H21N5O2S/c1-12(2)13-5-7-14(8-6-13)18-21-9-15(28-18)10-25-11-22-17-16(25)19(26)24(4)20(27)23(17)3/h5-9,11-12H,10H2,1-4H3. The summed E-state index contributed by atoms with van der Waals surface area (Å²) in [4.78, 5) is 34.4. The fraction of sp³-hybridized carbons (Fsp3) is 0.300. The molecule has 0 N–H and O–H groups in total. The smallest absolute Gasteiger partial charge is 0.319 e. The Morgan fingerprint density at radius 2 is 1.75 bits per heavy atom. The minimum atomic E-state index is -0.382. The van der Waals surface area contributed by atoms with Crippen LogP contribution >= 0.6 is 11.3 Å². The molecule has 3 heterocycles. The molecule has 0 aliphatic rings. The number of rotatable bonds is 4. The highest BCUT2D eigenvalue weighted by atomic mass is 32.1. The van der Waals surface area contributed by atoms with Crippen LogP contribution in [-0.4, -0.2) is 23.7 Å². The van der Waals surface area contributed by atoms with Crippen molar-refractivity contribution in [1.29, 1.82) is 0 Å². The van der Waals surface area contributed by atoms with E-state index in [2.05, 4.69) is 48.1 Å². The van der Waals surface area contributed by atoms with Gasteiger partial charge in [0.05, 0.1) is 12.9 Å². The van der Waals surface area contributed by atoms with E-state index in [0.29, 0.717) is 23.6 Å². The minimum Gasteiger partial charge on any atom is -0.319 e. The summed E-state index contributed by atoms with van der Waals surface area (Å²) >= 11 is 1.59. The number of hydrogen-bond donors (Lipinski definition) is 0. The third-order valence-corrected chi connectivity index (χ3v) is 5.95. The Morgan fingerprint density at radius 3 is 2.43 bits per heavy atom. The molecule has 28 heavy (non-hydrogen) atoms. The first-order chi connectivity index (χ1) is 13.4. The molecule has 0 saturated heterocycles. The highest BCUT2D eigenvalue weighted by molar-refractivity contribution is 7.15. The van der Waals surface area contributed by atoms with Gasteiger partial charge in [-0.1, -0.05) is 38.1 Å². The Hall–Kier alpha value is -3.00. The van der Waals surface area contributed by atoms with E-state index in [4.69, 9.17) is 0 Å². The fourth-order valence-electron chi connectivity index (χ4n) is 3.21. The van der Waals surface area contributed by atoms with E-state index in [1.54, 1.807) is 29.3 Å². The lowest BCUT2D eigenvalue weighted by atomic mass is 10.0. The molecule has 0 saturated carbocycles. The van der Waals surface area contributed by atoms with Crippen LogP contribution in [0, 0.1) is 0 Å². The first-order valence-electron chi connectivity index (χ1n) is 9.02. The third kappa shape index (κ3) is 2.99. The molecule has 0 unspecified atom stereocenters. The van der Waals surface area contributed by atoms with Gasteiger partial charge < -0.3 is 4.57 Å². The average molecular weight is 395 g/mol. The van der Waals surface area contributed by atoms with Crippen molar-refractivity contribution in [2.45, 2.75) is 26.3 Å². The van der Waals surface area contributed by atoms with E-state index < -0.39 is 0 Å². The number of aromatic nitrogens is 5. The van der Waals surface area contributed by atoms with Crippen molar-refractivity contribution in [3.8, 4) is 10.6 Å². The monoisotopic (exact) mass is 395 g/mol. The Morgan fingerprint density at radius 1 is 1.04 bits per heavy atom. The van der Waals surface area contributed by atoms with E-state index in [1.165, 1.54) is 17.2 Å². The lowest BCUT2D eigenvalue weighted by Gasteiger charge is -2.06. The minimum absolute atomic E-state index is 0.343. The molecule has 7 nitrogen and oxygen atoms in total. The van der Waals surface area contributed by atoms with Crippen LogP contribution in [0.3, 0.4) is 0 Å². The summed E-state index contributed by atoms with van der Waals surface area (Å²) in [5, 5.41) is 0.940. The molecule has 3 aromatic heterocycles. The van der Waals surface area contributed by atoms with Gasteiger partial charge in [0.15, 0.2) is 11.2 Å². The zero-order valence-electron chi connectivity index (χ0n) is 16.2. The summed E-state index contributed by atoms with van der Waals surface area (Å²) in [5.41, 5.74) is 2.46. The van der Waals surface area contributed by atoms with Gasteiger partial charge in [-0.2, -0.15) is 0 Å². The number of benzene rings is 1. The maximum absolute atomic E-state index is 12.6. The second-order valence-corrected chi connectivity index (χ2v) is 8.27. The fourth-order valence-corrected chi connectivity index (χ4v) is 4.13. The molecule has 0 amide bonds. The van der Waals surface area contributed by atoms with E-state index in [0.717, 1.165) is 20.0 Å². The van der Waals surface area contributed by atoms with Gasteiger partial charge >= 0.3 is 5.69 Å². The van der Waals surface area contributed by atoms with E-state index in [1.807, 2.05) is 6.20 Å². The van der Waals surface area contributed by atoms with Crippen LogP contribution in [-0.2, 0) is 20.6 Å². The molecular weight excluding hydrogens is 374 g/mol. The van der Waals surface area contributed by atoms with Crippen LogP contribution in [0.1, 0.15) is 30.2 Å². The highest BCUT2D eigenvalue weighted by Crippen LogP contribution is 2.27. The van der Waals surface area contributed by atoms with Crippen LogP contribution in [0.4, 0.5) is 0 Å². The summed E-state index contributed by atoms with van der Waals surface area (Å²) in [7, 11) is 3.10. The molecule has 0 radical (unpaired) electrons. The maximum atomic E-state index is 12.6. The van der Waals surface area contributed by atoms with Gasteiger partial charge in [0.25, 0.3) is 5.56 Å². The van der Waals surface area contributed by atoms with Crippen molar-refractivity contribution < 1.29 is 0 Å². The number of fused-ring (bicyclic) bond motifs is 1. The summed E-state index contributed by atoms with van der Waals surface area (Å²) in [6, 6.07) is 8.45. The topological polar surface area (TPSA) is 74.7 Å². The first-order valence-corrected chi connectivity index (χ1v) is 9.84. The summed E-state index contributed by atoms with van der Waals surface area (Å²) in [6.45, 7) is 4.82. The van der Waals surface area contributed by atoms with E-state index in [-0.39, 0.29) is 11.2 Å². The highest BCUT2D eigenvalue weighted by Gasteiger charge is 2.15. The molecule has 0 spiro atoms. The van der Waals surface area contributed by atoms with Crippen LogP contribution in [0.2, 0.25) is 0 Å². The van der Waals surface area contributed by atoms with Gasteiger partial charge in [0.1, 0.15) is 5.01 Å². The summed E-state index contributed by atoms with van der Waals surface area (Å²) < 4.78 is 4.27. The van der Waals surface area contributed by atoms with Crippen LogP contribution in [0.15, 0.2) is 46.4 Å². The summed E-state index contributed by atoms with van der Waals surface area (Å²) in [5.74, 6) is 0.494. The second-order valence-electron chi connectivity index (χ2n) is 7.16. The van der Waals surface area contributed by atoms with Crippen molar-refractivity contribution in [3.05, 3.63) is 68.1 Å². The second kappa shape index (κ2) is 6.87. The molecule has 4 aromatic rings. The molecule has 8 heteroatoms. The molecule has 0 aliphatic heterocycles. The Balaban J connectivity index is 1.68. The van der Waals surface area contributed by atoms with Crippen LogP contribution in [0.5, 0.6) is 0 Å². The molecule has 0 aliphatic carbocycles. The predicted octanol–water partition coefficient (Wildman–Crippen LogP) is 2.73. The van der Waals surface area contributed by atoms with Crippen LogP contribution < -0.4 is 11.2 Å². The lowest BCUT2D eigenvalue weighted by Crippen LogP contribution is -2.37. The number of aryl methyl sites for hydroxylation is 1. The third-order valence-electron chi connectivity index (χ3n) is 4.92. The number of nitrogens with zero attached hydrogens (tertiary/aromatic N) is 5. The number of imidazole rings is 1. The molecule has 0 bridgehead atoms. The zero-order valence-corrected chi connectivity index (χ0v) is 17.0. The first kappa shape index (κ1) is 18.4. The molecule has 1 aromatic carbocycles. The molecule has 4 rings (SSSR count). The Kier molecular flexibility index (Phi) is 4.50. The SMILES string of the molecule is CC(C)c1ccc(-c2ncc(Cn3cnc4c3c(=O)n(C)c(=O)n4C)s2)cc1. The van der Waals surface area contributed by atoms with E-state index >= 15 is 0 Å². The van der Waals surface area contributed by atoms with Crippen molar-refractivity contribution in [3.63, 3.8) is 0 Å². The zero-order chi connectivity index (χ0) is 20.0. The van der Waals surface area contributed by atoms with Crippen molar-refractivity contribution >= 4 is 22.5 Å². The van der Waals surface area contributed by atoms with Gasteiger partial charge in [-0.05, 0) is 11.5 Å². The van der Waals surface area contributed by atoms with Crippen molar-refractivity contribution in [2.24, 2.45) is 14.1 Å². The predicted molar refractivity (Wildman–Crippen MR) is 111 cm³/mol. The van der Waals surface area contributed by atoms with Gasteiger partial charge in [-0.25, -0.2) is 14.8 Å². The van der Waals surface area contributed by atoms with Crippen molar-refractivity contribution in [2.75, 3.05) is 0 Å². The van der Waals surface area contributed by atoms with Gasteiger partial charge in [0, 0.05) is 30.7 Å². The normalized spacial score (nSPS) is 11.6. The maximum Gasteiger partial charge on any atom is 0.332 e. The largest absolute Gasteiger partial charge is 0.332 e. The molecule has 0 atom stereocenters. The summed E-state index contributed by atoms with van der Waals surface area (Å²) in [6.07, 6.45) is 3.43. The molecule has 144 valence electrons. The van der Waals surface area contributed by atoms with Crippen LogP contribution in [0.25, 0.3) is 21.7 Å². The van der Waals surface area contributed by atoms with Gasteiger partial charge in [-0.3, -0.25) is 13.9 Å². The molecular formula is C20H21N5O2S. The van der Waals surface area contributed by atoms with Crippen molar-refractivity contribution in [1.82, 2.24) is 23.7 Å². The van der Waals surface area contributed by atoms with Gasteiger partial charge in [-0.15, -0.1) is 11.3 Å². The van der Waals surface area contributed by atoms with E-state index in [9.17, 15) is 9.59 Å². The number of thiazole rings is 1. The molecule has 0 fully saturated rings. The number of hydrogen-bond acceptors (Lipinski definition) is 5. The Bertz CT molecular complexity index is 1270. The lowest BCUT2D eigenvalue weighted by molar-refractivity contribution is 0.703. The Labute approximate surface area is 165 Å². The average Bonchev–Trinajstić information content (AvgIpc) is 3.32.